The molecule has 0 aliphatic carbocycles. The summed E-state index contributed by atoms with van der Waals surface area (Å²) in [7, 11) is -4.72. The standard InChI is InChI=1S/C48H72N3O10P/c1-7-10-13-25-34-56-46(52)49-43(40-28-19-16-20-29-40)37(4)59-62(55,60-38(5)44(41-30-21-17-22-31-41)50-47(53)57-35-26-14-11-8-2)61-39(6)45(42-32-23-18-24-33-42)51-48(54)58-36-27-15-12-9-3/h16-24,28-33,37-39,43-45H,7-15,25-27,34-36H2,1-6H3,(H,49,52)(H,50,53)(H,51,54). The molecule has 0 spiro atoms. The predicted molar refractivity (Wildman–Crippen MR) is 243 cm³/mol. The van der Waals surface area contributed by atoms with E-state index in [-0.39, 0.29) is 19.8 Å². The number of alkyl carbamates (subject to hydrolysis) is 3. The average molecular weight is 882 g/mol. The lowest BCUT2D eigenvalue weighted by Crippen LogP contribution is -2.39. The number of amides is 3. The average Bonchev–Trinajstić information content (AvgIpc) is 3.27. The first kappa shape index (κ1) is 51.9. The zero-order valence-electron chi connectivity index (χ0n) is 37.8. The lowest BCUT2D eigenvalue weighted by Gasteiger charge is -2.34. The Kier molecular flexibility index (Phi) is 25.0. The van der Waals surface area contributed by atoms with E-state index >= 15 is 4.57 Å². The number of rotatable bonds is 30. The summed E-state index contributed by atoms with van der Waals surface area (Å²) in [5, 5.41) is 8.70. The Morgan fingerprint density at radius 1 is 0.435 bits per heavy atom. The van der Waals surface area contributed by atoms with E-state index in [0.29, 0.717) is 16.7 Å². The van der Waals surface area contributed by atoms with Gasteiger partial charge in [0, 0.05) is 0 Å². The monoisotopic (exact) mass is 881 g/mol. The molecule has 0 saturated heterocycles. The molecule has 6 atom stereocenters. The van der Waals surface area contributed by atoms with Crippen LogP contribution in [-0.4, -0.2) is 56.4 Å². The lowest BCUT2D eigenvalue weighted by molar-refractivity contribution is 0.0144. The highest BCUT2D eigenvalue weighted by Gasteiger charge is 2.41. The molecule has 3 aromatic carbocycles. The van der Waals surface area contributed by atoms with Gasteiger partial charge in [0.25, 0.3) is 0 Å². The Labute approximate surface area is 370 Å². The first-order valence-electron chi connectivity index (χ1n) is 22.6. The molecule has 6 unspecified atom stereocenters. The van der Waals surface area contributed by atoms with Crippen molar-refractivity contribution in [2.75, 3.05) is 19.8 Å². The molecule has 3 N–H and O–H groups in total. The summed E-state index contributed by atoms with van der Waals surface area (Å²) in [5.41, 5.74) is 1.98. The van der Waals surface area contributed by atoms with Gasteiger partial charge in [-0.05, 0) is 56.7 Å². The van der Waals surface area contributed by atoms with E-state index in [0.717, 1.165) is 77.0 Å². The molecule has 0 heterocycles. The van der Waals surface area contributed by atoms with Crippen LogP contribution in [0.3, 0.4) is 0 Å². The number of benzene rings is 3. The zero-order chi connectivity index (χ0) is 45.0. The predicted octanol–water partition coefficient (Wildman–Crippen LogP) is 12.5. The summed E-state index contributed by atoms with van der Waals surface area (Å²) in [6.07, 6.45) is 6.19. The smallest absolute Gasteiger partial charge is 0.450 e. The van der Waals surface area contributed by atoms with Crippen molar-refractivity contribution in [3.8, 4) is 0 Å². The molecular formula is C48H72N3O10P. The highest BCUT2D eigenvalue weighted by atomic mass is 31.2. The fraction of sp³-hybridized carbons (Fsp3) is 0.562. The van der Waals surface area contributed by atoms with Crippen molar-refractivity contribution in [1.82, 2.24) is 16.0 Å². The van der Waals surface area contributed by atoms with Gasteiger partial charge in [0.15, 0.2) is 0 Å². The number of phosphoric ester groups is 1. The van der Waals surface area contributed by atoms with Crippen LogP contribution < -0.4 is 16.0 Å². The third-order valence-electron chi connectivity index (χ3n) is 10.3. The van der Waals surface area contributed by atoms with Crippen molar-refractivity contribution >= 4 is 26.1 Å². The molecule has 0 radical (unpaired) electrons. The van der Waals surface area contributed by atoms with E-state index in [1.165, 1.54) is 0 Å². The minimum absolute atomic E-state index is 0.242. The van der Waals surface area contributed by atoms with Crippen molar-refractivity contribution in [3.05, 3.63) is 108 Å². The van der Waals surface area contributed by atoms with E-state index in [4.69, 9.17) is 27.8 Å². The number of hydrogen-bond donors (Lipinski definition) is 3. The molecular weight excluding hydrogens is 810 g/mol. The van der Waals surface area contributed by atoms with Crippen molar-refractivity contribution < 1.29 is 46.7 Å². The normalized spacial score (nSPS) is 15.1. The highest BCUT2D eigenvalue weighted by Crippen LogP contribution is 2.56. The van der Waals surface area contributed by atoms with Crippen molar-refractivity contribution in [1.29, 1.82) is 0 Å². The Morgan fingerprint density at radius 3 is 0.935 bits per heavy atom. The highest BCUT2D eigenvalue weighted by molar-refractivity contribution is 7.48. The van der Waals surface area contributed by atoms with Gasteiger partial charge in [-0.1, -0.05) is 170 Å². The summed E-state index contributed by atoms with van der Waals surface area (Å²) >= 11 is 0. The van der Waals surface area contributed by atoms with E-state index in [1.54, 1.807) is 20.8 Å². The number of hydrogen-bond acceptors (Lipinski definition) is 10. The number of carbonyl (C=O) groups is 3. The summed E-state index contributed by atoms with van der Waals surface area (Å²) in [6, 6.07) is 24.8. The van der Waals surface area contributed by atoms with Crippen LogP contribution in [0.1, 0.15) is 153 Å². The first-order chi connectivity index (χ1) is 30.0. The second-order valence-electron chi connectivity index (χ2n) is 15.6. The van der Waals surface area contributed by atoms with Gasteiger partial charge in [-0.2, -0.15) is 0 Å². The number of unbranched alkanes of at least 4 members (excludes halogenated alkanes) is 9. The quantitative estimate of drug-likeness (QED) is 0.0334. The maximum Gasteiger partial charge on any atom is 0.475 e. The van der Waals surface area contributed by atoms with Crippen molar-refractivity contribution in [2.45, 2.75) is 155 Å². The molecule has 3 amide bonds. The molecule has 3 aromatic rings. The van der Waals surface area contributed by atoms with Crippen LogP contribution in [0.2, 0.25) is 0 Å². The lowest BCUT2D eigenvalue weighted by atomic mass is 10.0. The third kappa shape index (κ3) is 19.7. The fourth-order valence-corrected chi connectivity index (χ4v) is 8.59. The summed E-state index contributed by atoms with van der Waals surface area (Å²) in [4.78, 5) is 39.6. The summed E-state index contributed by atoms with van der Waals surface area (Å²) in [5.74, 6) is 0. The van der Waals surface area contributed by atoms with E-state index < -0.39 is 62.5 Å². The molecule has 62 heavy (non-hydrogen) atoms. The van der Waals surface area contributed by atoms with E-state index in [1.807, 2.05) is 91.0 Å². The van der Waals surface area contributed by atoms with Gasteiger partial charge in [0.05, 0.1) is 56.3 Å². The van der Waals surface area contributed by atoms with Gasteiger partial charge in [0.1, 0.15) is 0 Å². The van der Waals surface area contributed by atoms with Gasteiger partial charge in [-0.25, -0.2) is 18.9 Å². The Morgan fingerprint density at radius 2 is 0.694 bits per heavy atom. The maximum atomic E-state index is 15.4. The fourth-order valence-electron chi connectivity index (χ4n) is 6.85. The van der Waals surface area contributed by atoms with Crippen LogP contribution in [0.5, 0.6) is 0 Å². The van der Waals surface area contributed by atoms with Crippen LogP contribution in [-0.2, 0) is 32.3 Å². The summed E-state index contributed by atoms with van der Waals surface area (Å²) < 4.78 is 51.2. The molecule has 13 nitrogen and oxygen atoms in total. The zero-order valence-corrected chi connectivity index (χ0v) is 38.7. The van der Waals surface area contributed by atoms with Crippen LogP contribution in [0.15, 0.2) is 91.0 Å². The number of nitrogens with one attached hydrogen (secondary N) is 3. The van der Waals surface area contributed by atoms with E-state index in [9.17, 15) is 14.4 Å². The molecule has 0 aliphatic rings. The van der Waals surface area contributed by atoms with Crippen LogP contribution in [0.4, 0.5) is 14.4 Å². The Hall–Kier alpha value is -4.42. The minimum Gasteiger partial charge on any atom is -0.450 e. The molecule has 0 saturated carbocycles. The molecule has 14 heteroatoms. The topological polar surface area (TPSA) is 160 Å². The van der Waals surface area contributed by atoms with Gasteiger partial charge in [-0.15, -0.1) is 0 Å². The summed E-state index contributed by atoms with van der Waals surface area (Å²) in [6.45, 7) is 12.0. The van der Waals surface area contributed by atoms with Gasteiger partial charge in [0.2, 0.25) is 0 Å². The number of carbonyl (C=O) groups excluding carboxylic acids is 3. The third-order valence-corrected chi connectivity index (χ3v) is 12.1. The SMILES string of the molecule is CCCCCCOC(=O)NC(c1ccccc1)C(C)OP(=O)(OC(C)C(NC(=O)OCCCCCC)c1ccccc1)OC(C)C(NC(=O)OCCCCCC)c1ccccc1. The Balaban J connectivity index is 1.98. The van der Waals surface area contributed by atoms with Gasteiger partial charge >= 0.3 is 26.1 Å². The second-order valence-corrected chi connectivity index (χ2v) is 17.1. The number of ether oxygens (including phenoxy) is 3. The van der Waals surface area contributed by atoms with Gasteiger partial charge in [-0.3, -0.25) is 13.6 Å². The van der Waals surface area contributed by atoms with Gasteiger partial charge < -0.3 is 30.2 Å². The van der Waals surface area contributed by atoms with E-state index in [2.05, 4.69) is 36.7 Å². The Bertz CT molecular complexity index is 1520. The van der Waals surface area contributed by atoms with Crippen molar-refractivity contribution in [3.63, 3.8) is 0 Å². The number of phosphoric acid groups is 1. The van der Waals surface area contributed by atoms with Crippen molar-refractivity contribution in [2.24, 2.45) is 0 Å². The molecule has 0 bridgehead atoms. The molecule has 0 aromatic heterocycles. The van der Waals surface area contributed by atoms with Crippen LogP contribution >= 0.6 is 7.82 Å². The second kappa shape index (κ2) is 29.8. The molecule has 344 valence electrons. The molecule has 0 aliphatic heterocycles. The molecule has 0 fully saturated rings. The molecule has 3 rings (SSSR count). The first-order valence-corrected chi connectivity index (χ1v) is 24.1. The largest absolute Gasteiger partial charge is 0.475 e. The maximum absolute atomic E-state index is 15.4. The van der Waals surface area contributed by atoms with Crippen LogP contribution in [0, 0.1) is 0 Å². The minimum atomic E-state index is -4.72. The van der Waals surface area contributed by atoms with Crippen LogP contribution in [0.25, 0.3) is 0 Å².